The molecule has 0 saturated carbocycles. The minimum atomic E-state index is -0.286. The first kappa shape index (κ1) is 20.0. The minimum Gasteiger partial charge on any atom is -0.351 e. The molecule has 3 aromatic rings. The molecule has 1 fully saturated rings. The highest BCUT2D eigenvalue weighted by molar-refractivity contribution is 9.11. The fraction of sp³-hybridized carbons (Fsp3) is 0.368. The second-order valence-corrected chi connectivity index (χ2v) is 9.37. The first-order chi connectivity index (χ1) is 14.0. The Kier molecular flexibility index (Phi) is 5.93. The number of pyridine rings is 1. The third kappa shape index (κ3) is 4.49. The molecule has 8 nitrogen and oxygen atoms in total. The van der Waals surface area contributed by atoms with E-state index in [4.69, 9.17) is 0 Å². The van der Waals surface area contributed by atoms with E-state index in [0.717, 1.165) is 28.3 Å². The van der Waals surface area contributed by atoms with Gasteiger partial charge in [-0.15, -0.1) is 11.3 Å². The van der Waals surface area contributed by atoms with E-state index in [-0.39, 0.29) is 11.8 Å². The van der Waals surface area contributed by atoms with Crippen molar-refractivity contribution in [3.63, 3.8) is 0 Å². The fourth-order valence-electron chi connectivity index (χ4n) is 3.32. The second-order valence-electron chi connectivity index (χ2n) is 6.96. The zero-order chi connectivity index (χ0) is 20.4. The highest BCUT2D eigenvalue weighted by Crippen LogP contribution is 2.26. The number of amides is 2. The summed E-state index contributed by atoms with van der Waals surface area (Å²) in [7, 11) is 0. The molecule has 10 heteroatoms. The van der Waals surface area contributed by atoms with Crippen LogP contribution >= 0.6 is 27.3 Å². The molecular weight excluding hydrogens is 456 g/mol. The zero-order valence-corrected chi connectivity index (χ0v) is 18.3. The Morgan fingerprint density at radius 3 is 2.83 bits per heavy atom. The van der Waals surface area contributed by atoms with Crippen LogP contribution in [0.3, 0.4) is 0 Å². The molecule has 2 amide bonds. The summed E-state index contributed by atoms with van der Waals surface area (Å²) in [4.78, 5) is 32.6. The molecule has 4 heterocycles. The molecule has 1 aliphatic heterocycles. The lowest BCUT2D eigenvalue weighted by molar-refractivity contribution is 0.0948. The average Bonchev–Trinajstić information content (AvgIpc) is 3.40. The van der Waals surface area contributed by atoms with Gasteiger partial charge in [-0.3, -0.25) is 14.6 Å². The number of aromatic nitrogens is 3. The van der Waals surface area contributed by atoms with Crippen molar-refractivity contribution in [3.8, 4) is 0 Å². The Balaban J connectivity index is 1.43. The van der Waals surface area contributed by atoms with E-state index in [0.29, 0.717) is 29.1 Å². The quantitative estimate of drug-likeness (QED) is 0.570. The van der Waals surface area contributed by atoms with E-state index in [1.54, 1.807) is 23.7 Å². The molecule has 0 radical (unpaired) electrons. The zero-order valence-electron chi connectivity index (χ0n) is 15.9. The highest BCUT2D eigenvalue weighted by Gasteiger charge is 2.18. The van der Waals surface area contributed by atoms with E-state index in [2.05, 4.69) is 41.5 Å². The molecule has 0 unspecified atom stereocenters. The maximum atomic E-state index is 12.7. The monoisotopic (exact) mass is 476 g/mol. The molecule has 1 aliphatic rings. The van der Waals surface area contributed by atoms with Crippen molar-refractivity contribution in [1.82, 2.24) is 24.8 Å². The summed E-state index contributed by atoms with van der Waals surface area (Å²) in [6.45, 7) is 5.43. The molecule has 0 atom stereocenters. The largest absolute Gasteiger partial charge is 0.351 e. The van der Waals surface area contributed by atoms with Crippen LogP contribution in [0.25, 0.3) is 4.83 Å². The second kappa shape index (κ2) is 8.60. The topological polar surface area (TPSA) is 91.6 Å². The van der Waals surface area contributed by atoms with Crippen molar-refractivity contribution in [1.29, 1.82) is 0 Å². The van der Waals surface area contributed by atoms with Crippen LogP contribution in [0.4, 0.5) is 5.69 Å². The van der Waals surface area contributed by atoms with Gasteiger partial charge in [0.1, 0.15) is 4.83 Å². The lowest BCUT2D eigenvalue weighted by Crippen LogP contribution is -2.33. The smallest absolute Gasteiger partial charge is 0.260 e. The number of anilines is 1. The maximum Gasteiger partial charge on any atom is 0.260 e. The Morgan fingerprint density at radius 2 is 2.03 bits per heavy atom. The van der Waals surface area contributed by atoms with Gasteiger partial charge < -0.3 is 15.5 Å². The van der Waals surface area contributed by atoms with Crippen LogP contribution in [0.5, 0.6) is 0 Å². The standard InChI is InChI=1S/C19H21BrN6O2S/c1-12-15(24-18(28)14-10-23-26-11-16(20)29-19(14)26)8-13(9-22-12)17(27)21-4-7-25-5-2-3-6-25/h8-11H,2-7H2,1H3,(H,21,27)(H,24,28). The van der Waals surface area contributed by atoms with Gasteiger partial charge in [-0.05, 0) is 54.9 Å². The van der Waals surface area contributed by atoms with Gasteiger partial charge in [-0.25, -0.2) is 4.52 Å². The number of halogens is 1. The van der Waals surface area contributed by atoms with E-state index in [1.165, 1.54) is 36.6 Å². The van der Waals surface area contributed by atoms with E-state index >= 15 is 0 Å². The number of carbonyl (C=O) groups excluding carboxylic acids is 2. The molecule has 3 aromatic heterocycles. The van der Waals surface area contributed by atoms with Gasteiger partial charge in [0.2, 0.25) is 0 Å². The van der Waals surface area contributed by atoms with Crippen molar-refractivity contribution in [2.24, 2.45) is 0 Å². The van der Waals surface area contributed by atoms with Gasteiger partial charge >= 0.3 is 0 Å². The van der Waals surface area contributed by atoms with Crippen molar-refractivity contribution in [2.45, 2.75) is 19.8 Å². The molecule has 2 N–H and O–H groups in total. The highest BCUT2D eigenvalue weighted by atomic mass is 79.9. The molecule has 0 aliphatic carbocycles. The first-order valence-electron chi connectivity index (χ1n) is 9.42. The third-order valence-corrected chi connectivity index (χ3v) is 6.51. The predicted molar refractivity (Wildman–Crippen MR) is 116 cm³/mol. The molecule has 29 heavy (non-hydrogen) atoms. The number of hydrogen-bond donors (Lipinski definition) is 2. The van der Waals surface area contributed by atoms with Crippen molar-refractivity contribution in [3.05, 3.63) is 45.3 Å². The van der Waals surface area contributed by atoms with Crippen molar-refractivity contribution < 1.29 is 9.59 Å². The van der Waals surface area contributed by atoms with Gasteiger partial charge in [-0.1, -0.05) is 0 Å². The van der Waals surface area contributed by atoms with Crippen LogP contribution in [-0.4, -0.2) is 57.5 Å². The SMILES string of the molecule is Cc1ncc(C(=O)NCCN2CCCC2)cc1NC(=O)c1cnn2cc(Br)sc12. The summed E-state index contributed by atoms with van der Waals surface area (Å²) < 4.78 is 2.54. The van der Waals surface area contributed by atoms with Gasteiger partial charge in [0.05, 0.1) is 38.7 Å². The number of rotatable bonds is 6. The number of nitrogens with zero attached hydrogens (tertiary/aromatic N) is 4. The Bertz CT molecular complexity index is 1060. The summed E-state index contributed by atoms with van der Waals surface area (Å²) in [5.74, 6) is -0.479. The summed E-state index contributed by atoms with van der Waals surface area (Å²) in [6.07, 6.45) is 7.32. The number of nitrogens with one attached hydrogen (secondary N) is 2. The Labute approximate surface area is 180 Å². The minimum absolute atomic E-state index is 0.192. The summed E-state index contributed by atoms with van der Waals surface area (Å²) >= 11 is 4.83. The molecular formula is C19H21BrN6O2S. The van der Waals surface area contributed by atoms with Crippen LogP contribution in [0.15, 0.2) is 28.4 Å². The van der Waals surface area contributed by atoms with Crippen molar-refractivity contribution >= 4 is 49.6 Å². The lowest BCUT2D eigenvalue weighted by atomic mass is 10.2. The van der Waals surface area contributed by atoms with Crippen LogP contribution in [0, 0.1) is 6.92 Å². The van der Waals surface area contributed by atoms with Crippen LogP contribution in [0.2, 0.25) is 0 Å². The maximum absolute atomic E-state index is 12.7. The van der Waals surface area contributed by atoms with Gasteiger partial charge in [0, 0.05) is 19.3 Å². The number of thiazole rings is 1. The van der Waals surface area contributed by atoms with Crippen LogP contribution in [-0.2, 0) is 0 Å². The van der Waals surface area contributed by atoms with E-state index in [1.807, 2.05) is 0 Å². The fourth-order valence-corrected chi connectivity index (χ4v) is 4.76. The number of likely N-dealkylation sites (tertiary alicyclic amines) is 1. The molecule has 4 rings (SSSR count). The van der Waals surface area contributed by atoms with Gasteiger partial charge in [-0.2, -0.15) is 5.10 Å². The van der Waals surface area contributed by atoms with Gasteiger partial charge in [0.25, 0.3) is 11.8 Å². The normalized spacial score (nSPS) is 14.4. The Hall–Kier alpha value is -2.30. The summed E-state index contributed by atoms with van der Waals surface area (Å²) in [6, 6.07) is 1.66. The molecule has 1 saturated heterocycles. The van der Waals surface area contributed by atoms with Gasteiger partial charge in [0.15, 0.2) is 0 Å². The molecule has 0 bridgehead atoms. The number of hydrogen-bond acceptors (Lipinski definition) is 6. The van der Waals surface area contributed by atoms with E-state index in [9.17, 15) is 9.59 Å². The molecule has 0 aromatic carbocycles. The number of carbonyl (C=O) groups is 2. The Morgan fingerprint density at radius 1 is 1.24 bits per heavy atom. The summed E-state index contributed by atoms with van der Waals surface area (Å²) in [5, 5.41) is 9.98. The van der Waals surface area contributed by atoms with E-state index < -0.39 is 0 Å². The van der Waals surface area contributed by atoms with Crippen LogP contribution < -0.4 is 10.6 Å². The lowest BCUT2D eigenvalue weighted by Gasteiger charge is -2.15. The number of fused-ring (bicyclic) bond motifs is 1. The number of aryl methyl sites for hydroxylation is 1. The molecule has 152 valence electrons. The van der Waals surface area contributed by atoms with Crippen LogP contribution in [0.1, 0.15) is 39.3 Å². The third-order valence-electron chi connectivity index (χ3n) is 4.92. The average molecular weight is 477 g/mol. The predicted octanol–water partition coefficient (Wildman–Crippen LogP) is 2.94. The summed E-state index contributed by atoms with van der Waals surface area (Å²) in [5.41, 5.74) is 2.05. The molecule has 0 spiro atoms. The van der Waals surface area contributed by atoms with Crippen molar-refractivity contribution in [2.75, 3.05) is 31.5 Å². The first-order valence-corrected chi connectivity index (χ1v) is 11.0.